The van der Waals surface area contributed by atoms with Crippen molar-refractivity contribution in [3.8, 4) is 0 Å². The summed E-state index contributed by atoms with van der Waals surface area (Å²) in [7, 11) is 0. The van der Waals surface area contributed by atoms with E-state index in [4.69, 9.17) is 27.9 Å². The number of benzene rings is 1. The minimum Gasteiger partial charge on any atom is -0.376 e. The Bertz CT molecular complexity index is 606. The predicted molar refractivity (Wildman–Crippen MR) is 88.7 cm³/mol. The van der Waals surface area contributed by atoms with Crippen molar-refractivity contribution in [2.75, 3.05) is 18.5 Å². The van der Waals surface area contributed by atoms with Crippen LogP contribution < -0.4 is 10.6 Å². The average molecular weight is 357 g/mol. The van der Waals surface area contributed by atoms with E-state index in [1.807, 2.05) is 0 Å². The van der Waals surface area contributed by atoms with E-state index in [-0.39, 0.29) is 17.9 Å². The Kier molecular flexibility index (Phi) is 4.80. The van der Waals surface area contributed by atoms with Crippen LogP contribution in [-0.2, 0) is 14.3 Å². The Morgan fingerprint density at radius 1 is 1.22 bits per heavy atom. The molecule has 0 bridgehead atoms. The van der Waals surface area contributed by atoms with Crippen LogP contribution in [0.15, 0.2) is 18.2 Å². The highest BCUT2D eigenvalue weighted by atomic mass is 35.5. The second-order valence-electron chi connectivity index (χ2n) is 5.98. The standard InChI is InChI=1S/C16H18Cl2N2O3/c17-11-4-1-5-12(18)13(11)20-15(22)16(6-7-16)14(21)19-9-10-3-2-8-23-10/h1,4-5,10H,2-3,6-9H2,(H,19,21)(H,20,22). The molecule has 1 saturated carbocycles. The molecule has 23 heavy (non-hydrogen) atoms. The number of rotatable bonds is 5. The van der Waals surface area contributed by atoms with Crippen molar-refractivity contribution in [3.05, 3.63) is 28.2 Å². The van der Waals surface area contributed by atoms with E-state index in [0.29, 0.717) is 35.1 Å². The second kappa shape index (κ2) is 6.67. The van der Waals surface area contributed by atoms with E-state index in [1.54, 1.807) is 18.2 Å². The first kappa shape index (κ1) is 16.6. The van der Waals surface area contributed by atoms with E-state index < -0.39 is 5.41 Å². The summed E-state index contributed by atoms with van der Waals surface area (Å²) in [5, 5.41) is 6.22. The zero-order valence-corrected chi connectivity index (χ0v) is 14.0. The Hall–Kier alpha value is -1.30. The van der Waals surface area contributed by atoms with Gasteiger partial charge in [-0.15, -0.1) is 0 Å². The first-order chi connectivity index (χ1) is 11.0. The number of carbonyl (C=O) groups is 2. The first-order valence-corrected chi connectivity index (χ1v) is 8.44. The topological polar surface area (TPSA) is 67.4 Å². The van der Waals surface area contributed by atoms with Crippen molar-refractivity contribution >= 4 is 40.7 Å². The summed E-state index contributed by atoms with van der Waals surface area (Å²) < 4.78 is 5.47. The minimum atomic E-state index is -1.01. The van der Waals surface area contributed by atoms with Crippen molar-refractivity contribution in [3.63, 3.8) is 0 Å². The number of para-hydroxylation sites is 1. The van der Waals surface area contributed by atoms with Crippen LogP contribution in [0, 0.1) is 5.41 Å². The number of halogens is 2. The van der Waals surface area contributed by atoms with Crippen molar-refractivity contribution in [1.82, 2.24) is 5.32 Å². The quantitative estimate of drug-likeness (QED) is 0.796. The summed E-state index contributed by atoms with van der Waals surface area (Å²) in [6.07, 6.45) is 3.05. The normalized spacial score (nSPS) is 21.7. The molecule has 1 saturated heterocycles. The van der Waals surface area contributed by atoms with E-state index in [0.717, 1.165) is 19.4 Å². The zero-order chi connectivity index (χ0) is 16.4. The first-order valence-electron chi connectivity index (χ1n) is 7.68. The fourth-order valence-electron chi connectivity index (χ4n) is 2.71. The molecule has 3 rings (SSSR count). The summed E-state index contributed by atoms with van der Waals surface area (Å²) in [4.78, 5) is 24.9. The molecule has 1 unspecified atom stereocenters. The Morgan fingerprint density at radius 2 is 1.91 bits per heavy atom. The lowest BCUT2D eigenvalue weighted by Gasteiger charge is -2.18. The van der Waals surface area contributed by atoms with Crippen LogP contribution in [0.4, 0.5) is 5.69 Å². The van der Waals surface area contributed by atoms with E-state index in [2.05, 4.69) is 10.6 Å². The van der Waals surface area contributed by atoms with Crippen molar-refractivity contribution in [2.24, 2.45) is 5.41 Å². The zero-order valence-electron chi connectivity index (χ0n) is 12.5. The molecule has 0 radical (unpaired) electrons. The summed E-state index contributed by atoms with van der Waals surface area (Å²) in [5.74, 6) is -0.619. The third kappa shape index (κ3) is 3.47. The van der Waals surface area contributed by atoms with Crippen molar-refractivity contribution < 1.29 is 14.3 Å². The highest BCUT2D eigenvalue weighted by Crippen LogP contribution is 2.47. The SMILES string of the molecule is O=C(NCC1CCCO1)C1(C(=O)Nc2c(Cl)cccc2Cl)CC1. The molecule has 1 aliphatic carbocycles. The highest BCUT2D eigenvalue weighted by molar-refractivity contribution is 6.40. The van der Waals surface area contributed by atoms with Crippen LogP contribution in [0.5, 0.6) is 0 Å². The highest BCUT2D eigenvalue weighted by Gasteiger charge is 2.56. The lowest BCUT2D eigenvalue weighted by molar-refractivity contribution is -0.134. The molecular weight excluding hydrogens is 339 g/mol. The van der Waals surface area contributed by atoms with Crippen LogP contribution in [0.2, 0.25) is 10.0 Å². The summed E-state index contributed by atoms with van der Waals surface area (Å²) >= 11 is 12.1. The van der Waals surface area contributed by atoms with Crippen LogP contribution in [-0.4, -0.2) is 31.1 Å². The van der Waals surface area contributed by atoms with Gasteiger partial charge in [0, 0.05) is 13.2 Å². The molecule has 1 aromatic carbocycles. The number of anilines is 1. The van der Waals surface area contributed by atoms with Gasteiger partial charge in [0.25, 0.3) is 0 Å². The molecule has 1 atom stereocenters. The maximum atomic E-state index is 12.5. The fourth-order valence-corrected chi connectivity index (χ4v) is 3.21. The fraction of sp³-hybridized carbons (Fsp3) is 0.500. The molecular formula is C16H18Cl2N2O3. The smallest absolute Gasteiger partial charge is 0.240 e. The second-order valence-corrected chi connectivity index (χ2v) is 6.79. The number of hydrogen-bond donors (Lipinski definition) is 2. The van der Waals surface area contributed by atoms with Crippen molar-refractivity contribution in [2.45, 2.75) is 31.8 Å². The Morgan fingerprint density at radius 3 is 2.48 bits per heavy atom. The van der Waals surface area contributed by atoms with Gasteiger partial charge in [0.15, 0.2) is 0 Å². The molecule has 0 aromatic heterocycles. The van der Waals surface area contributed by atoms with Gasteiger partial charge >= 0.3 is 0 Å². The van der Waals surface area contributed by atoms with E-state index in [1.165, 1.54) is 0 Å². The Balaban J connectivity index is 1.62. The lowest BCUT2D eigenvalue weighted by atomic mass is 10.0. The van der Waals surface area contributed by atoms with Crippen molar-refractivity contribution in [1.29, 1.82) is 0 Å². The van der Waals surface area contributed by atoms with Crippen LogP contribution in [0.1, 0.15) is 25.7 Å². The molecule has 7 heteroatoms. The van der Waals surface area contributed by atoms with Gasteiger partial charge in [-0.2, -0.15) is 0 Å². The minimum absolute atomic E-state index is 0.0517. The Labute approximate surface area is 144 Å². The molecule has 0 spiro atoms. The van der Waals surface area contributed by atoms with Gasteiger partial charge in [0.1, 0.15) is 5.41 Å². The van der Waals surface area contributed by atoms with Gasteiger partial charge in [-0.3, -0.25) is 9.59 Å². The van der Waals surface area contributed by atoms with Gasteiger partial charge in [0.05, 0.1) is 21.8 Å². The number of amides is 2. The van der Waals surface area contributed by atoms with Crippen LogP contribution >= 0.6 is 23.2 Å². The van der Waals surface area contributed by atoms with E-state index >= 15 is 0 Å². The molecule has 2 N–H and O–H groups in total. The number of ether oxygens (including phenoxy) is 1. The molecule has 1 aliphatic heterocycles. The number of nitrogens with one attached hydrogen (secondary N) is 2. The number of hydrogen-bond acceptors (Lipinski definition) is 3. The van der Waals surface area contributed by atoms with Crippen LogP contribution in [0.3, 0.4) is 0 Å². The van der Waals surface area contributed by atoms with Crippen LogP contribution in [0.25, 0.3) is 0 Å². The molecule has 124 valence electrons. The summed E-state index contributed by atoms with van der Waals surface area (Å²) in [6.45, 7) is 1.18. The van der Waals surface area contributed by atoms with Gasteiger partial charge in [-0.05, 0) is 37.8 Å². The van der Waals surface area contributed by atoms with Gasteiger partial charge in [-0.25, -0.2) is 0 Å². The lowest BCUT2D eigenvalue weighted by Crippen LogP contribution is -2.42. The molecule has 5 nitrogen and oxygen atoms in total. The number of carbonyl (C=O) groups excluding carboxylic acids is 2. The van der Waals surface area contributed by atoms with Gasteiger partial charge in [0.2, 0.25) is 11.8 Å². The molecule has 2 aliphatic rings. The maximum absolute atomic E-state index is 12.5. The largest absolute Gasteiger partial charge is 0.376 e. The molecule has 2 fully saturated rings. The third-order valence-corrected chi connectivity index (χ3v) is 4.96. The molecule has 1 heterocycles. The monoisotopic (exact) mass is 356 g/mol. The third-order valence-electron chi connectivity index (χ3n) is 4.33. The summed E-state index contributed by atoms with van der Waals surface area (Å²) in [5.41, 5.74) is -0.666. The molecule has 2 amide bonds. The maximum Gasteiger partial charge on any atom is 0.240 e. The average Bonchev–Trinajstić information content (AvgIpc) is 3.18. The van der Waals surface area contributed by atoms with Gasteiger partial charge < -0.3 is 15.4 Å². The van der Waals surface area contributed by atoms with E-state index in [9.17, 15) is 9.59 Å². The molecule has 1 aromatic rings. The van der Waals surface area contributed by atoms with Gasteiger partial charge in [-0.1, -0.05) is 29.3 Å². The predicted octanol–water partition coefficient (Wildman–Crippen LogP) is 3.01. The summed E-state index contributed by atoms with van der Waals surface area (Å²) in [6, 6.07) is 4.97.